The fourth-order valence-electron chi connectivity index (χ4n) is 2.91. The van der Waals surface area contributed by atoms with E-state index in [4.69, 9.17) is 0 Å². The monoisotopic (exact) mass is 340 g/mol. The summed E-state index contributed by atoms with van der Waals surface area (Å²) in [6.45, 7) is 4.06. The van der Waals surface area contributed by atoms with Crippen molar-refractivity contribution in [2.75, 3.05) is 25.4 Å². The van der Waals surface area contributed by atoms with Crippen molar-refractivity contribution >= 4 is 17.7 Å². The van der Waals surface area contributed by atoms with Crippen molar-refractivity contribution in [3.63, 3.8) is 0 Å². The molecule has 1 aliphatic rings. The van der Waals surface area contributed by atoms with Crippen LogP contribution in [0, 0.1) is 0 Å². The molecule has 1 fully saturated rings. The van der Waals surface area contributed by atoms with E-state index < -0.39 is 0 Å². The Morgan fingerprint density at radius 1 is 1.00 bits per heavy atom. The number of carbonyl (C=O) groups excluding carboxylic acids is 1. The number of hydrogen-bond donors (Lipinski definition) is 1. The topological polar surface area (TPSA) is 32.3 Å². The van der Waals surface area contributed by atoms with E-state index in [9.17, 15) is 4.79 Å². The molecule has 0 aliphatic carbocycles. The molecular weight excluding hydrogens is 316 g/mol. The summed E-state index contributed by atoms with van der Waals surface area (Å²) < 4.78 is 0. The molecule has 3 nitrogen and oxygen atoms in total. The van der Waals surface area contributed by atoms with Crippen LogP contribution in [0.4, 0.5) is 0 Å². The summed E-state index contributed by atoms with van der Waals surface area (Å²) in [6.07, 6.45) is 2.61. The molecule has 0 saturated carbocycles. The standard InChI is InChI=1S/C20H24N2OS/c23-20(21-12-15-24-19-6-2-1-3-7-19)18-10-8-17(9-11-18)16-22-13-4-5-14-22/h1-3,6-11H,4-5,12-16H2,(H,21,23). The number of rotatable bonds is 7. The van der Waals surface area contributed by atoms with Crippen molar-refractivity contribution in [1.29, 1.82) is 0 Å². The molecule has 1 saturated heterocycles. The van der Waals surface area contributed by atoms with Crippen molar-refractivity contribution < 1.29 is 4.79 Å². The summed E-state index contributed by atoms with van der Waals surface area (Å²) >= 11 is 1.76. The molecule has 0 spiro atoms. The molecule has 2 aromatic carbocycles. The van der Waals surface area contributed by atoms with Crippen LogP contribution < -0.4 is 5.32 Å². The van der Waals surface area contributed by atoms with E-state index in [-0.39, 0.29) is 5.91 Å². The van der Waals surface area contributed by atoms with Gasteiger partial charge in [0.1, 0.15) is 0 Å². The van der Waals surface area contributed by atoms with Gasteiger partial charge in [-0.1, -0.05) is 30.3 Å². The second kappa shape index (κ2) is 8.90. The van der Waals surface area contributed by atoms with Crippen LogP contribution in [0.25, 0.3) is 0 Å². The van der Waals surface area contributed by atoms with Gasteiger partial charge in [0.25, 0.3) is 5.91 Å². The number of carbonyl (C=O) groups is 1. The lowest BCUT2D eigenvalue weighted by Gasteiger charge is -2.14. The van der Waals surface area contributed by atoms with Crippen LogP contribution in [0.1, 0.15) is 28.8 Å². The van der Waals surface area contributed by atoms with Gasteiger partial charge in [0, 0.05) is 29.3 Å². The molecule has 0 atom stereocenters. The predicted molar refractivity (Wildman–Crippen MR) is 100 cm³/mol. The van der Waals surface area contributed by atoms with Gasteiger partial charge in [-0.3, -0.25) is 9.69 Å². The molecule has 126 valence electrons. The summed E-state index contributed by atoms with van der Waals surface area (Å²) in [5.41, 5.74) is 2.03. The third kappa shape index (κ3) is 5.11. The van der Waals surface area contributed by atoms with Gasteiger partial charge in [0.2, 0.25) is 0 Å². The lowest BCUT2D eigenvalue weighted by Crippen LogP contribution is -2.25. The van der Waals surface area contributed by atoms with E-state index in [0.717, 1.165) is 17.9 Å². The molecule has 1 N–H and O–H groups in total. The minimum atomic E-state index is 0.0105. The zero-order valence-corrected chi connectivity index (χ0v) is 14.7. The highest BCUT2D eigenvalue weighted by Gasteiger charge is 2.12. The van der Waals surface area contributed by atoms with Gasteiger partial charge in [-0.2, -0.15) is 0 Å². The number of nitrogens with zero attached hydrogens (tertiary/aromatic N) is 1. The van der Waals surface area contributed by atoms with E-state index in [1.54, 1.807) is 11.8 Å². The number of amides is 1. The Morgan fingerprint density at radius 3 is 2.42 bits per heavy atom. The van der Waals surface area contributed by atoms with Crippen LogP contribution in [0.3, 0.4) is 0 Å². The Kier molecular flexibility index (Phi) is 6.33. The molecule has 2 aromatic rings. The molecular formula is C20H24N2OS. The fraction of sp³-hybridized carbons (Fsp3) is 0.350. The molecule has 0 unspecified atom stereocenters. The molecule has 0 radical (unpaired) electrons. The Bertz CT molecular complexity index is 636. The Hall–Kier alpha value is -1.78. The third-order valence-corrected chi connectivity index (χ3v) is 5.23. The summed E-state index contributed by atoms with van der Waals surface area (Å²) in [6, 6.07) is 18.3. The van der Waals surface area contributed by atoms with Gasteiger partial charge in [0.15, 0.2) is 0 Å². The largest absolute Gasteiger partial charge is 0.351 e. The summed E-state index contributed by atoms with van der Waals surface area (Å²) in [7, 11) is 0. The van der Waals surface area contributed by atoms with Crippen LogP contribution in [-0.2, 0) is 6.54 Å². The van der Waals surface area contributed by atoms with Crippen molar-refractivity contribution in [2.24, 2.45) is 0 Å². The first-order valence-electron chi connectivity index (χ1n) is 8.58. The lowest BCUT2D eigenvalue weighted by atomic mass is 10.1. The van der Waals surface area contributed by atoms with E-state index in [1.807, 2.05) is 30.3 Å². The van der Waals surface area contributed by atoms with Gasteiger partial charge >= 0.3 is 0 Å². The first-order valence-corrected chi connectivity index (χ1v) is 9.57. The maximum atomic E-state index is 12.2. The van der Waals surface area contributed by atoms with Gasteiger partial charge in [0.05, 0.1) is 0 Å². The van der Waals surface area contributed by atoms with Crippen molar-refractivity contribution in [1.82, 2.24) is 10.2 Å². The molecule has 0 aromatic heterocycles. The van der Waals surface area contributed by atoms with E-state index in [2.05, 4.69) is 34.5 Å². The molecule has 3 rings (SSSR count). The minimum Gasteiger partial charge on any atom is -0.351 e. The number of hydrogen-bond acceptors (Lipinski definition) is 3. The van der Waals surface area contributed by atoms with Crippen molar-refractivity contribution in [2.45, 2.75) is 24.3 Å². The van der Waals surface area contributed by atoms with E-state index in [1.165, 1.54) is 36.4 Å². The first-order chi connectivity index (χ1) is 11.8. The highest BCUT2D eigenvalue weighted by atomic mass is 32.2. The Morgan fingerprint density at radius 2 is 1.71 bits per heavy atom. The predicted octanol–water partition coefficient (Wildman–Crippen LogP) is 3.80. The van der Waals surface area contributed by atoms with Crippen LogP contribution in [0.15, 0.2) is 59.5 Å². The maximum absolute atomic E-state index is 12.2. The van der Waals surface area contributed by atoms with Crippen molar-refractivity contribution in [3.8, 4) is 0 Å². The van der Waals surface area contributed by atoms with Gasteiger partial charge < -0.3 is 5.32 Å². The molecule has 0 bridgehead atoms. The number of nitrogens with one attached hydrogen (secondary N) is 1. The zero-order valence-electron chi connectivity index (χ0n) is 13.9. The van der Waals surface area contributed by atoms with Gasteiger partial charge in [-0.25, -0.2) is 0 Å². The second-order valence-electron chi connectivity index (χ2n) is 6.10. The molecule has 1 amide bonds. The molecule has 1 aliphatic heterocycles. The summed E-state index contributed by atoms with van der Waals surface area (Å²) in [5, 5.41) is 2.99. The lowest BCUT2D eigenvalue weighted by molar-refractivity contribution is 0.0956. The fourth-order valence-corrected chi connectivity index (χ4v) is 3.70. The number of likely N-dealkylation sites (tertiary alicyclic amines) is 1. The van der Waals surface area contributed by atoms with Crippen LogP contribution in [-0.4, -0.2) is 36.2 Å². The van der Waals surface area contributed by atoms with Gasteiger partial charge in [-0.05, 0) is 55.8 Å². The SMILES string of the molecule is O=C(NCCSc1ccccc1)c1ccc(CN2CCCC2)cc1. The van der Waals surface area contributed by atoms with Crippen LogP contribution in [0.5, 0.6) is 0 Å². The van der Waals surface area contributed by atoms with Crippen LogP contribution in [0.2, 0.25) is 0 Å². The number of thioether (sulfide) groups is 1. The third-order valence-electron chi connectivity index (χ3n) is 4.22. The van der Waals surface area contributed by atoms with E-state index in [0.29, 0.717) is 6.54 Å². The average Bonchev–Trinajstić information content (AvgIpc) is 3.13. The van der Waals surface area contributed by atoms with Gasteiger partial charge in [-0.15, -0.1) is 11.8 Å². The highest BCUT2D eigenvalue weighted by Crippen LogP contribution is 2.16. The quantitative estimate of drug-likeness (QED) is 0.614. The summed E-state index contributed by atoms with van der Waals surface area (Å²) in [5.74, 6) is 0.888. The minimum absolute atomic E-state index is 0.0105. The molecule has 24 heavy (non-hydrogen) atoms. The molecule has 4 heteroatoms. The zero-order chi connectivity index (χ0) is 16.6. The summed E-state index contributed by atoms with van der Waals surface area (Å²) in [4.78, 5) is 15.9. The smallest absolute Gasteiger partial charge is 0.251 e. The Balaban J connectivity index is 1.41. The Labute approximate surface area is 148 Å². The second-order valence-corrected chi connectivity index (χ2v) is 7.27. The highest BCUT2D eigenvalue weighted by molar-refractivity contribution is 7.99. The average molecular weight is 340 g/mol. The van der Waals surface area contributed by atoms with E-state index >= 15 is 0 Å². The maximum Gasteiger partial charge on any atom is 0.251 e. The van der Waals surface area contributed by atoms with Crippen molar-refractivity contribution in [3.05, 3.63) is 65.7 Å². The van der Waals surface area contributed by atoms with Crippen LogP contribution >= 0.6 is 11.8 Å². The first kappa shape index (κ1) is 17.1. The number of benzene rings is 2. The normalized spacial score (nSPS) is 14.7. The molecule has 1 heterocycles.